The quantitative estimate of drug-likeness (QED) is 0.0279. The molecular formula is C44H85N2O6P. The second kappa shape index (κ2) is 36.4. The van der Waals surface area contributed by atoms with Gasteiger partial charge in [0.15, 0.2) is 0 Å². The Morgan fingerprint density at radius 1 is 0.660 bits per heavy atom. The van der Waals surface area contributed by atoms with E-state index in [0.717, 1.165) is 64.2 Å². The van der Waals surface area contributed by atoms with Gasteiger partial charge in [0.1, 0.15) is 13.2 Å². The Hall–Kier alpha value is -1.28. The molecule has 0 aromatic heterocycles. The topological polar surface area (TPSA) is 108 Å². The van der Waals surface area contributed by atoms with Gasteiger partial charge in [0.2, 0.25) is 5.91 Å². The van der Waals surface area contributed by atoms with Crippen molar-refractivity contribution in [3.05, 3.63) is 36.5 Å². The first kappa shape index (κ1) is 51.7. The van der Waals surface area contributed by atoms with Gasteiger partial charge in [0.05, 0.1) is 39.9 Å². The van der Waals surface area contributed by atoms with Crippen molar-refractivity contribution in [1.82, 2.24) is 5.32 Å². The fourth-order valence-electron chi connectivity index (χ4n) is 6.10. The van der Waals surface area contributed by atoms with Crippen molar-refractivity contribution < 1.29 is 32.9 Å². The Balaban J connectivity index is 4.33. The van der Waals surface area contributed by atoms with E-state index >= 15 is 0 Å². The summed E-state index contributed by atoms with van der Waals surface area (Å²) in [7, 11) is 1.29. The van der Waals surface area contributed by atoms with E-state index < -0.39 is 20.0 Å². The summed E-state index contributed by atoms with van der Waals surface area (Å²) in [6.45, 7) is 4.67. The number of aliphatic hydroxyl groups is 1. The molecule has 8 nitrogen and oxygen atoms in total. The number of unbranched alkanes of at least 4 members (excludes halogenated alkanes) is 20. The highest BCUT2D eigenvalue weighted by Gasteiger charge is 2.24. The molecule has 53 heavy (non-hydrogen) atoms. The average Bonchev–Trinajstić information content (AvgIpc) is 3.10. The van der Waals surface area contributed by atoms with Crippen LogP contribution in [0.15, 0.2) is 36.5 Å². The zero-order valence-electron chi connectivity index (χ0n) is 35.2. The number of allylic oxidation sites excluding steroid dienone is 6. The minimum absolute atomic E-state index is 0.00834. The van der Waals surface area contributed by atoms with E-state index in [2.05, 4.69) is 55.6 Å². The number of nitrogens with zero attached hydrogens (tertiary/aromatic N) is 1. The van der Waals surface area contributed by atoms with Crippen LogP contribution < -0.4 is 10.2 Å². The molecule has 0 aliphatic heterocycles. The van der Waals surface area contributed by atoms with E-state index in [0.29, 0.717) is 23.9 Å². The highest BCUT2D eigenvalue weighted by Crippen LogP contribution is 2.38. The second-order valence-corrected chi connectivity index (χ2v) is 17.5. The molecule has 1 amide bonds. The van der Waals surface area contributed by atoms with Crippen LogP contribution in [0.3, 0.4) is 0 Å². The summed E-state index contributed by atoms with van der Waals surface area (Å²) in [6.07, 6.45) is 42.9. The van der Waals surface area contributed by atoms with Crippen LogP contribution in [0, 0.1) is 0 Å². The minimum Gasteiger partial charge on any atom is -0.756 e. The number of phosphoric ester groups is 1. The molecule has 0 rings (SSSR count). The molecule has 0 heterocycles. The third-order valence-corrected chi connectivity index (χ3v) is 10.6. The summed E-state index contributed by atoms with van der Waals surface area (Å²) in [5, 5.41) is 13.8. The number of rotatable bonds is 39. The first-order chi connectivity index (χ1) is 25.5. The maximum atomic E-state index is 12.8. The molecule has 0 radical (unpaired) electrons. The predicted molar refractivity (Wildman–Crippen MR) is 224 cm³/mol. The number of quaternary nitrogens is 1. The number of phosphoric acid groups is 1. The molecule has 9 heteroatoms. The second-order valence-electron chi connectivity index (χ2n) is 16.1. The summed E-state index contributed by atoms with van der Waals surface area (Å²) in [5.41, 5.74) is 0. The Kier molecular flexibility index (Phi) is 35.5. The monoisotopic (exact) mass is 769 g/mol. The van der Waals surface area contributed by atoms with E-state index in [4.69, 9.17) is 9.05 Å². The van der Waals surface area contributed by atoms with Gasteiger partial charge < -0.3 is 28.8 Å². The van der Waals surface area contributed by atoms with E-state index in [-0.39, 0.29) is 19.1 Å². The Bertz CT molecular complexity index is 964. The van der Waals surface area contributed by atoms with Gasteiger partial charge in [-0.2, -0.15) is 0 Å². The Morgan fingerprint density at radius 3 is 1.58 bits per heavy atom. The van der Waals surface area contributed by atoms with Crippen molar-refractivity contribution in [2.45, 2.75) is 199 Å². The molecule has 0 aromatic rings. The molecule has 0 fully saturated rings. The third-order valence-electron chi connectivity index (χ3n) is 9.63. The number of hydrogen-bond donors (Lipinski definition) is 2. The lowest BCUT2D eigenvalue weighted by Crippen LogP contribution is -2.46. The number of carbonyl (C=O) groups is 1. The van der Waals surface area contributed by atoms with Gasteiger partial charge in [-0.05, 0) is 51.4 Å². The molecule has 3 atom stereocenters. The smallest absolute Gasteiger partial charge is 0.268 e. The van der Waals surface area contributed by atoms with Crippen LogP contribution in [0.2, 0.25) is 0 Å². The number of aliphatic hydroxyl groups excluding tert-OH is 1. The number of carbonyl (C=O) groups excluding carboxylic acids is 1. The lowest BCUT2D eigenvalue weighted by molar-refractivity contribution is -0.870. The summed E-state index contributed by atoms with van der Waals surface area (Å²) < 4.78 is 23.2. The maximum Gasteiger partial charge on any atom is 0.268 e. The van der Waals surface area contributed by atoms with Gasteiger partial charge >= 0.3 is 0 Å². The molecule has 0 spiro atoms. The first-order valence-corrected chi connectivity index (χ1v) is 23.3. The molecule has 0 aromatic carbocycles. The molecule has 0 aliphatic carbocycles. The molecule has 3 unspecified atom stereocenters. The normalized spacial score (nSPS) is 14.8. The summed E-state index contributed by atoms with van der Waals surface area (Å²) in [4.78, 5) is 25.3. The van der Waals surface area contributed by atoms with Crippen LogP contribution in [-0.2, 0) is 18.4 Å². The van der Waals surface area contributed by atoms with Crippen LogP contribution in [0.5, 0.6) is 0 Å². The van der Waals surface area contributed by atoms with Gasteiger partial charge in [0.25, 0.3) is 7.82 Å². The van der Waals surface area contributed by atoms with Crippen molar-refractivity contribution >= 4 is 13.7 Å². The van der Waals surface area contributed by atoms with E-state index in [9.17, 15) is 19.4 Å². The number of nitrogens with one attached hydrogen (secondary N) is 1. The van der Waals surface area contributed by atoms with Crippen LogP contribution in [-0.4, -0.2) is 68.5 Å². The summed E-state index contributed by atoms with van der Waals surface area (Å²) in [6, 6.07) is -0.805. The van der Waals surface area contributed by atoms with E-state index in [1.165, 1.54) is 96.3 Å². The number of likely N-dealkylation sites (N-methyl/N-ethyl adjacent to an activating group) is 1. The first-order valence-electron chi connectivity index (χ1n) is 21.8. The zero-order valence-corrected chi connectivity index (χ0v) is 36.1. The molecule has 0 saturated heterocycles. The lowest BCUT2D eigenvalue weighted by atomic mass is 10.0. The molecule has 0 bridgehead atoms. The maximum absolute atomic E-state index is 12.8. The molecular weight excluding hydrogens is 683 g/mol. The van der Waals surface area contributed by atoms with Crippen LogP contribution >= 0.6 is 7.82 Å². The summed E-state index contributed by atoms with van der Waals surface area (Å²) in [5.74, 6) is -0.180. The fraction of sp³-hybridized carbons (Fsp3) is 0.841. The fourth-order valence-corrected chi connectivity index (χ4v) is 6.83. The zero-order chi connectivity index (χ0) is 39.3. The largest absolute Gasteiger partial charge is 0.756 e. The third kappa shape index (κ3) is 38.8. The highest BCUT2D eigenvalue weighted by molar-refractivity contribution is 7.45. The van der Waals surface area contributed by atoms with Crippen molar-refractivity contribution in [2.75, 3.05) is 40.9 Å². The van der Waals surface area contributed by atoms with E-state index in [1.807, 2.05) is 21.1 Å². The minimum atomic E-state index is -4.56. The Labute approximate surface area is 327 Å². The molecule has 0 aliphatic rings. The average molecular weight is 769 g/mol. The van der Waals surface area contributed by atoms with Crippen molar-refractivity contribution in [1.29, 1.82) is 0 Å². The van der Waals surface area contributed by atoms with Gasteiger partial charge in [0, 0.05) is 6.42 Å². The SMILES string of the molecule is CCCCCCC/C=C\C/C=C\C/C=C\CCCCCCCCC(=O)NC(COP(=O)([O-])OCC[N+](C)(C)C)C(O)CCCCCCCCCCCC. The summed E-state index contributed by atoms with van der Waals surface area (Å²) >= 11 is 0. The van der Waals surface area contributed by atoms with Crippen LogP contribution in [0.4, 0.5) is 0 Å². The van der Waals surface area contributed by atoms with Crippen LogP contribution in [0.1, 0.15) is 187 Å². The number of amides is 1. The van der Waals surface area contributed by atoms with E-state index in [1.54, 1.807) is 0 Å². The molecule has 0 saturated carbocycles. The number of hydrogen-bond acceptors (Lipinski definition) is 6. The van der Waals surface area contributed by atoms with Crippen molar-refractivity contribution in [2.24, 2.45) is 0 Å². The standard InChI is InChI=1S/C44H85N2O6P/c1-6-8-10-12-14-16-18-19-20-21-22-23-24-25-26-27-28-30-32-34-36-38-44(48)45-42(41-52-53(49,50)51-40-39-46(3,4)5)43(47)37-35-33-31-29-17-15-13-11-9-7-2/h18-19,21-22,24-25,42-43,47H,6-17,20,23,26-41H2,1-5H3,(H-,45,48,49,50)/b19-18-,22-21-,25-24-. The van der Waals surface area contributed by atoms with Crippen molar-refractivity contribution in [3.63, 3.8) is 0 Å². The lowest BCUT2D eigenvalue weighted by Gasteiger charge is -2.30. The van der Waals surface area contributed by atoms with Crippen molar-refractivity contribution in [3.8, 4) is 0 Å². The molecule has 312 valence electrons. The molecule has 2 N–H and O–H groups in total. The predicted octanol–water partition coefficient (Wildman–Crippen LogP) is 11.3. The van der Waals surface area contributed by atoms with Crippen LogP contribution in [0.25, 0.3) is 0 Å². The Morgan fingerprint density at radius 2 is 1.09 bits per heavy atom. The van der Waals surface area contributed by atoms with Gasteiger partial charge in [-0.3, -0.25) is 9.36 Å². The highest BCUT2D eigenvalue weighted by atomic mass is 31.2. The van der Waals surface area contributed by atoms with Gasteiger partial charge in [-0.25, -0.2) is 0 Å². The van der Waals surface area contributed by atoms with Gasteiger partial charge in [-0.15, -0.1) is 0 Å². The van der Waals surface area contributed by atoms with Gasteiger partial charge in [-0.1, -0.05) is 166 Å².